The van der Waals surface area contributed by atoms with E-state index in [4.69, 9.17) is 4.74 Å². The summed E-state index contributed by atoms with van der Waals surface area (Å²) in [6.45, 7) is 7.48. The van der Waals surface area contributed by atoms with E-state index in [1.807, 2.05) is 6.92 Å². The number of hydrogen-bond acceptors (Lipinski definition) is 3. The molecular formula is C24H39NO3. The number of allylic oxidation sites excluding steroid dienone is 6. The molecule has 0 aliphatic heterocycles. The van der Waals surface area contributed by atoms with Crippen molar-refractivity contribution in [3.8, 4) is 0 Å². The van der Waals surface area contributed by atoms with Gasteiger partial charge in [-0.2, -0.15) is 0 Å². The topological polar surface area (TPSA) is 55.4 Å². The van der Waals surface area contributed by atoms with Gasteiger partial charge in [0, 0.05) is 12.5 Å². The Morgan fingerprint density at radius 2 is 1.54 bits per heavy atom. The second kappa shape index (κ2) is 19.7. The van der Waals surface area contributed by atoms with Crippen LogP contribution in [0.5, 0.6) is 0 Å². The van der Waals surface area contributed by atoms with Gasteiger partial charge in [0.1, 0.15) is 6.61 Å². The van der Waals surface area contributed by atoms with Gasteiger partial charge in [0.2, 0.25) is 5.91 Å². The van der Waals surface area contributed by atoms with E-state index in [9.17, 15) is 9.59 Å². The SMILES string of the molecule is C=CC(=O)OCC(C)NC(=O)CCCCCCCC=CCC=CCC=CCC. The summed E-state index contributed by atoms with van der Waals surface area (Å²) < 4.78 is 4.90. The van der Waals surface area contributed by atoms with E-state index in [-0.39, 0.29) is 18.6 Å². The smallest absolute Gasteiger partial charge is 0.330 e. The highest BCUT2D eigenvalue weighted by molar-refractivity contribution is 5.81. The van der Waals surface area contributed by atoms with E-state index >= 15 is 0 Å². The van der Waals surface area contributed by atoms with Gasteiger partial charge in [0.05, 0.1) is 6.04 Å². The molecule has 1 N–H and O–H groups in total. The predicted molar refractivity (Wildman–Crippen MR) is 118 cm³/mol. The second-order valence-electron chi connectivity index (χ2n) is 6.90. The number of hydrogen-bond donors (Lipinski definition) is 1. The molecule has 0 saturated heterocycles. The molecule has 28 heavy (non-hydrogen) atoms. The number of rotatable bonds is 17. The van der Waals surface area contributed by atoms with Gasteiger partial charge in [0.15, 0.2) is 0 Å². The Bertz CT molecular complexity index is 506. The summed E-state index contributed by atoms with van der Waals surface area (Å²) in [6.07, 6.45) is 24.8. The molecule has 0 radical (unpaired) electrons. The molecule has 0 aliphatic rings. The molecule has 0 aromatic rings. The van der Waals surface area contributed by atoms with Gasteiger partial charge in [-0.25, -0.2) is 4.79 Å². The Kier molecular flexibility index (Phi) is 18.2. The van der Waals surface area contributed by atoms with Crippen molar-refractivity contribution >= 4 is 11.9 Å². The first-order valence-corrected chi connectivity index (χ1v) is 10.6. The lowest BCUT2D eigenvalue weighted by Gasteiger charge is -2.13. The lowest BCUT2D eigenvalue weighted by atomic mass is 10.1. The van der Waals surface area contributed by atoms with E-state index < -0.39 is 5.97 Å². The van der Waals surface area contributed by atoms with Crippen molar-refractivity contribution < 1.29 is 14.3 Å². The maximum absolute atomic E-state index is 11.8. The molecule has 4 nitrogen and oxygen atoms in total. The molecule has 1 unspecified atom stereocenters. The van der Waals surface area contributed by atoms with Gasteiger partial charge >= 0.3 is 5.97 Å². The molecule has 158 valence electrons. The van der Waals surface area contributed by atoms with Gasteiger partial charge in [-0.3, -0.25) is 4.79 Å². The minimum atomic E-state index is -0.466. The van der Waals surface area contributed by atoms with Crippen molar-refractivity contribution in [2.45, 2.75) is 84.1 Å². The standard InChI is InChI=1S/C24H39NO3/c1-4-6-7-8-9-10-11-12-13-14-15-16-17-18-19-20-23(26)25-22(3)21-28-24(27)5-2/h5-7,9-10,12-13,22H,2,4,8,11,14-21H2,1,3H3,(H,25,26). The zero-order valence-electron chi connectivity index (χ0n) is 17.8. The van der Waals surface area contributed by atoms with E-state index in [1.165, 1.54) is 12.8 Å². The quantitative estimate of drug-likeness (QED) is 0.148. The fraction of sp³-hybridized carbons (Fsp3) is 0.583. The van der Waals surface area contributed by atoms with Crippen LogP contribution in [-0.2, 0) is 14.3 Å². The van der Waals surface area contributed by atoms with E-state index in [2.05, 4.69) is 55.3 Å². The van der Waals surface area contributed by atoms with E-state index in [0.717, 1.165) is 51.0 Å². The van der Waals surface area contributed by atoms with Crippen LogP contribution in [0, 0.1) is 0 Å². The molecule has 0 saturated carbocycles. The summed E-state index contributed by atoms with van der Waals surface area (Å²) in [6, 6.07) is -0.175. The van der Waals surface area contributed by atoms with Crippen molar-refractivity contribution in [1.82, 2.24) is 5.32 Å². The zero-order valence-corrected chi connectivity index (χ0v) is 17.8. The zero-order chi connectivity index (χ0) is 20.9. The molecule has 1 amide bonds. The van der Waals surface area contributed by atoms with Gasteiger partial charge < -0.3 is 10.1 Å². The first kappa shape index (κ1) is 25.9. The van der Waals surface area contributed by atoms with Crippen LogP contribution in [0.1, 0.15) is 78.1 Å². The number of carbonyl (C=O) groups excluding carboxylic acids is 2. The molecule has 0 fully saturated rings. The Morgan fingerprint density at radius 3 is 2.21 bits per heavy atom. The lowest BCUT2D eigenvalue weighted by molar-refractivity contribution is -0.139. The Labute approximate surface area is 171 Å². The van der Waals surface area contributed by atoms with Crippen LogP contribution in [0.3, 0.4) is 0 Å². The fourth-order valence-electron chi connectivity index (χ4n) is 2.56. The third-order valence-corrected chi connectivity index (χ3v) is 4.10. The number of amides is 1. The molecule has 0 bridgehead atoms. The number of nitrogens with one attached hydrogen (secondary N) is 1. The minimum absolute atomic E-state index is 0.0170. The minimum Gasteiger partial charge on any atom is -0.460 e. The van der Waals surface area contributed by atoms with Crippen molar-refractivity contribution in [3.05, 3.63) is 49.1 Å². The van der Waals surface area contributed by atoms with Crippen molar-refractivity contribution in [3.63, 3.8) is 0 Å². The summed E-state index contributed by atoms with van der Waals surface area (Å²) >= 11 is 0. The molecule has 0 spiro atoms. The summed E-state index contributed by atoms with van der Waals surface area (Å²) in [5, 5.41) is 2.84. The van der Waals surface area contributed by atoms with E-state index in [0.29, 0.717) is 6.42 Å². The van der Waals surface area contributed by atoms with Crippen LogP contribution in [0.15, 0.2) is 49.1 Å². The fourth-order valence-corrected chi connectivity index (χ4v) is 2.56. The van der Waals surface area contributed by atoms with Gasteiger partial charge in [-0.15, -0.1) is 0 Å². The highest BCUT2D eigenvalue weighted by Crippen LogP contribution is 2.08. The van der Waals surface area contributed by atoms with Crippen LogP contribution in [-0.4, -0.2) is 24.5 Å². The van der Waals surface area contributed by atoms with Crippen LogP contribution in [0.25, 0.3) is 0 Å². The molecule has 1 atom stereocenters. The van der Waals surface area contributed by atoms with Crippen LogP contribution in [0.2, 0.25) is 0 Å². The van der Waals surface area contributed by atoms with Gasteiger partial charge in [0.25, 0.3) is 0 Å². The van der Waals surface area contributed by atoms with Crippen molar-refractivity contribution in [2.24, 2.45) is 0 Å². The first-order chi connectivity index (χ1) is 13.6. The first-order valence-electron chi connectivity index (χ1n) is 10.6. The maximum atomic E-state index is 11.8. The molecule has 0 heterocycles. The summed E-state index contributed by atoms with van der Waals surface area (Å²) in [5.74, 6) is -0.449. The highest BCUT2D eigenvalue weighted by atomic mass is 16.5. The normalized spacial score (nSPS) is 12.6. The monoisotopic (exact) mass is 389 g/mol. The summed E-state index contributed by atoms with van der Waals surface area (Å²) in [7, 11) is 0. The van der Waals surface area contributed by atoms with Crippen LogP contribution >= 0.6 is 0 Å². The van der Waals surface area contributed by atoms with Crippen molar-refractivity contribution in [2.75, 3.05) is 6.61 Å². The third kappa shape index (κ3) is 18.7. The Morgan fingerprint density at radius 1 is 0.929 bits per heavy atom. The predicted octanol–water partition coefficient (Wildman–Crippen LogP) is 5.81. The van der Waals surface area contributed by atoms with Crippen LogP contribution < -0.4 is 5.32 Å². The molecule has 0 aromatic carbocycles. The third-order valence-electron chi connectivity index (χ3n) is 4.10. The van der Waals surface area contributed by atoms with Crippen LogP contribution in [0.4, 0.5) is 0 Å². The second-order valence-corrected chi connectivity index (χ2v) is 6.90. The molecule has 0 rings (SSSR count). The largest absolute Gasteiger partial charge is 0.460 e. The lowest BCUT2D eigenvalue weighted by Crippen LogP contribution is -2.36. The molecule has 4 heteroatoms. The molecule has 0 aromatic heterocycles. The van der Waals surface area contributed by atoms with Gasteiger partial charge in [-0.05, 0) is 45.4 Å². The number of carbonyl (C=O) groups is 2. The maximum Gasteiger partial charge on any atom is 0.330 e. The summed E-state index contributed by atoms with van der Waals surface area (Å²) in [4.78, 5) is 22.8. The van der Waals surface area contributed by atoms with Crippen molar-refractivity contribution in [1.29, 1.82) is 0 Å². The Balaban J connectivity index is 3.47. The number of unbranched alkanes of at least 4 members (excludes halogenated alkanes) is 5. The molecule has 0 aliphatic carbocycles. The number of esters is 1. The molecular weight excluding hydrogens is 350 g/mol. The highest BCUT2D eigenvalue weighted by Gasteiger charge is 2.08. The average molecular weight is 390 g/mol. The Hall–Kier alpha value is -2.10. The van der Waals surface area contributed by atoms with Gasteiger partial charge in [-0.1, -0.05) is 69.2 Å². The average Bonchev–Trinajstić information content (AvgIpc) is 2.69. The number of ether oxygens (including phenoxy) is 1. The summed E-state index contributed by atoms with van der Waals surface area (Å²) in [5.41, 5.74) is 0. The van der Waals surface area contributed by atoms with E-state index in [1.54, 1.807) is 0 Å².